The third kappa shape index (κ3) is 3.43. The van der Waals surface area contributed by atoms with Crippen LogP contribution >= 0.6 is 15.9 Å². The fourth-order valence-electron chi connectivity index (χ4n) is 1.47. The Morgan fingerprint density at radius 3 is 2.47 bits per heavy atom. The third-order valence-corrected chi connectivity index (χ3v) is 3.18. The summed E-state index contributed by atoms with van der Waals surface area (Å²) < 4.78 is 0.778. The van der Waals surface area contributed by atoms with E-state index < -0.39 is 5.54 Å². The topological polar surface area (TPSA) is 76.3 Å². The first kappa shape index (κ1) is 14.0. The van der Waals surface area contributed by atoms with Gasteiger partial charge < -0.3 is 15.5 Å². The number of hydrogen-bond acceptors (Lipinski definition) is 4. The average Bonchev–Trinajstić information content (AvgIpc) is 2.35. The lowest BCUT2D eigenvalue weighted by Gasteiger charge is -2.31. The molecule has 0 saturated carbocycles. The Kier molecular flexibility index (Phi) is 4.94. The van der Waals surface area contributed by atoms with Gasteiger partial charge in [-0.2, -0.15) is 5.26 Å². The van der Waals surface area contributed by atoms with Gasteiger partial charge in [0.2, 0.25) is 0 Å². The van der Waals surface area contributed by atoms with Gasteiger partial charge in [0.05, 0.1) is 30.4 Å². The van der Waals surface area contributed by atoms with Crippen molar-refractivity contribution < 1.29 is 10.2 Å². The Morgan fingerprint density at radius 1 is 1.35 bits per heavy atom. The summed E-state index contributed by atoms with van der Waals surface area (Å²) in [7, 11) is 0. The zero-order valence-corrected chi connectivity index (χ0v) is 11.2. The molecule has 5 heteroatoms. The number of hydrogen-bond donors (Lipinski definition) is 3. The molecule has 0 saturated heterocycles. The molecular formula is C12H15BrN2O2. The highest BCUT2D eigenvalue weighted by molar-refractivity contribution is 9.10. The van der Waals surface area contributed by atoms with Crippen LogP contribution in [-0.2, 0) is 0 Å². The molecule has 0 fully saturated rings. The van der Waals surface area contributed by atoms with E-state index in [2.05, 4.69) is 27.3 Å². The van der Waals surface area contributed by atoms with Crippen LogP contribution in [0, 0.1) is 11.3 Å². The van der Waals surface area contributed by atoms with Gasteiger partial charge >= 0.3 is 0 Å². The van der Waals surface area contributed by atoms with Gasteiger partial charge in [-0.25, -0.2) is 0 Å². The number of rotatable bonds is 5. The van der Waals surface area contributed by atoms with Gasteiger partial charge in [-0.3, -0.25) is 0 Å². The molecule has 1 aromatic carbocycles. The second-order valence-corrected chi connectivity index (χ2v) is 4.83. The Balaban J connectivity index is 3.02. The van der Waals surface area contributed by atoms with Crippen LogP contribution in [0.4, 0.5) is 5.69 Å². The molecule has 0 aromatic heterocycles. The normalized spacial score (nSPS) is 11.0. The van der Waals surface area contributed by atoms with E-state index in [4.69, 9.17) is 5.26 Å². The van der Waals surface area contributed by atoms with Crippen LogP contribution in [0.1, 0.15) is 18.9 Å². The molecule has 0 heterocycles. The summed E-state index contributed by atoms with van der Waals surface area (Å²) in [5, 5.41) is 30.6. The molecule has 1 aromatic rings. The first-order chi connectivity index (χ1) is 8.09. The molecular weight excluding hydrogens is 284 g/mol. The fourth-order valence-corrected chi connectivity index (χ4v) is 1.97. The highest BCUT2D eigenvalue weighted by Crippen LogP contribution is 2.23. The van der Waals surface area contributed by atoms with Gasteiger partial charge in [0, 0.05) is 10.2 Å². The number of aliphatic hydroxyl groups is 2. The van der Waals surface area contributed by atoms with Crippen LogP contribution < -0.4 is 5.32 Å². The van der Waals surface area contributed by atoms with Gasteiger partial charge in [0.15, 0.2) is 0 Å². The molecule has 0 atom stereocenters. The number of halogens is 1. The van der Waals surface area contributed by atoms with Gasteiger partial charge in [-0.05, 0) is 24.6 Å². The number of benzene rings is 1. The largest absolute Gasteiger partial charge is 0.394 e. The van der Waals surface area contributed by atoms with Crippen molar-refractivity contribution in [3.8, 4) is 6.07 Å². The second kappa shape index (κ2) is 6.01. The molecule has 0 bridgehead atoms. The maximum atomic E-state index is 9.33. The highest BCUT2D eigenvalue weighted by atomic mass is 79.9. The van der Waals surface area contributed by atoms with Crippen molar-refractivity contribution in [3.63, 3.8) is 0 Å². The zero-order valence-electron chi connectivity index (χ0n) is 9.57. The van der Waals surface area contributed by atoms with Gasteiger partial charge in [0.25, 0.3) is 0 Å². The van der Waals surface area contributed by atoms with Crippen molar-refractivity contribution in [2.45, 2.75) is 18.9 Å². The number of aliphatic hydroxyl groups excluding tert-OH is 2. The van der Waals surface area contributed by atoms with Gasteiger partial charge in [-0.15, -0.1) is 0 Å². The van der Waals surface area contributed by atoms with E-state index in [1.165, 1.54) is 0 Å². The van der Waals surface area contributed by atoms with E-state index in [1.807, 2.05) is 6.92 Å². The summed E-state index contributed by atoms with van der Waals surface area (Å²) in [6.07, 6.45) is 0.578. The summed E-state index contributed by atoms with van der Waals surface area (Å²) in [5.74, 6) is 0. The summed E-state index contributed by atoms with van der Waals surface area (Å²) in [6.45, 7) is 1.53. The number of nitrogens with zero attached hydrogens (tertiary/aromatic N) is 1. The summed E-state index contributed by atoms with van der Waals surface area (Å²) >= 11 is 3.31. The second-order valence-electron chi connectivity index (χ2n) is 3.92. The quantitative estimate of drug-likeness (QED) is 0.776. The molecule has 0 aliphatic carbocycles. The molecule has 0 aliphatic rings. The molecule has 0 radical (unpaired) electrons. The summed E-state index contributed by atoms with van der Waals surface area (Å²) in [6, 6.07) is 7.24. The lowest BCUT2D eigenvalue weighted by Crippen LogP contribution is -2.45. The number of anilines is 1. The summed E-state index contributed by atoms with van der Waals surface area (Å²) in [4.78, 5) is 0. The van der Waals surface area contributed by atoms with E-state index in [1.54, 1.807) is 18.2 Å². The van der Waals surface area contributed by atoms with E-state index in [9.17, 15) is 10.2 Å². The first-order valence-electron chi connectivity index (χ1n) is 5.29. The highest BCUT2D eigenvalue weighted by Gasteiger charge is 2.26. The van der Waals surface area contributed by atoms with Crippen molar-refractivity contribution in [2.75, 3.05) is 18.5 Å². The molecule has 0 unspecified atom stereocenters. The maximum absolute atomic E-state index is 9.33. The Labute approximate surface area is 109 Å². The molecule has 4 nitrogen and oxygen atoms in total. The lowest BCUT2D eigenvalue weighted by atomic mass is 9.98. The minimum atomic E-state index is -0.756. The fraction of sp³-hybridized carbons (Fsp3) is 0.417. The van der Waals surface area contributed by atoms with Crippen LogP contribution in [0.25, 0.3) is 0 Å². The van der Waals surface area contributed by atoms with E-state index in [-0.39, 0.29) is 13.2 Å². The van der Waals surface area contributed by atoms with Crippen LogP contribution in [0.5, 0.6) is 0 Å². The van der Waals surface area contributed by atoms with Crippen LogP contribution in [0.15, 0.2) is 22.7 Å². The predicted molar refractivity (Wildman–Crippen MR) is 69.7 cm³/mol. The summed E-state index contributed by atoms with van der Waals surface area (Å²) in [5.41, 5.74) is 0.455. The van der Waals surface area contributed by atoms with Crippen molar-refractivity contribution in [1.82, 2.24) is 0 Å². The standard InChI is InChI=1S/C12H15BrN2O2/c1-2-12(7-16,8-17)15-11-4-9(6-14)3-10(13)5-11/h3-5,15-17H,2,7-8H2,1H3. The van der Waals surface area contributed by atoms with E-state index >= 15 is 0 Å². The minimum Gasteiger partial charge on any atom is -0.394 e. The lowest BCUT2D eigenvalue weighted by molar-refractivity contribution is 0.132. The molecule has 3 N–H and O–H groups in total. The zero-order chi connectivity index (χ0) is 12.9. The van der Waals surface area contributed by atoms with Crippen LogP contribution in [-0.4, -0.2) is 29.0 Å². The van der Waals surface area contributed by atoms with Crippen molar-refractivity contribution in [3.05, 3.63) is 28.2 Å². The molecule has 1 rings (SSSR count). The van der Waals surface area contributed by atoms with Gasteiger partial charge in [0.1, 0.15) is 0 Å². The SMILES string of the molecule is CCC(CO)(CO)Nc1cc(Br)cc(C#N)c1. The molecule has 17 heavy (non-hydrogen) atoms. The van der Waals surface area contributed by atoms with Crippen molar-refractivity contribution in [2.24, 2.45) is 0 Å². The van der Waals surface area contributed by atoms with Gasteiger partial charge in [-0.1, -0.05) is 22.9 Å². The number of nitriles is 1. The van der Waals surface area contributed by atoms with Crippen LogP contribution in [0.3, 0.4) is 0 Å². The number of nitrogens with one attached hydrogen (secondary N) is 1. The van der Waals surface area contributed by atoms with Crippen molar-refractivity contribution in [1.29, 1.82) is 5.26 Å². The predicted octanol–water partition coefficient (Wildman–Crippen LogP) is 1.87. The molecule has 0 aliphatic heterocycles. The maximum Gasteiger partial charge on any atom is 0.0992 e. The molecule has 0 spiro atoms. The Bertz CT molecular complexity index is 417. The first-order valence-corrected chi connectivity index (χ1v) is 6.09. The van der Waals surface area contributed by atoms with E-state index in [0.717, 1.165) is 4.47 Å². The van der Waals surface area contributed by atoms with Crippen molar-refractivity contribution >= 4 is 21.6 Å². The molecule has 0 amide bonds. The average molecular weight is 299 g/mol. The Hall–Kier alpha value is -1.09. The monoisotopic (exact) mass is 298 g/mol. The van der Waals surface area contributed by atoms with Crippen LogP contribution in [0.2, 0.25) is 0 Å². The molecule has 92 valence electrons. The smallest absolute Gasteiger partial charge is 0.0992 e. The third-order valence-electron chi connectivity index (χ3n) is 2.72. The Morgan fingerprint density at radius 2 is 2.00 bits per heavy atom. The van der Waals surface area contributed by atoms with E-state index in [0.29, 0.717) is 17.7 Å². The minimum absolute atomic E-state index is 0.172.